The number of anilines is 2. The number of carbonyl (C=O) groups excluding carboxylic acids is 2. The zero-order valence-corrected chi connectivity index (χ0v) is 9.90. The minimum absolute atomic E-state index is 0.0659. The van der Waals surface area contributed by atoms with Crippen LogP contribution in [0.25, 0.3) is 0 Å². The molecule has 1 aliphatic heterocycles. The molecule has 5 heteroatoms. The summed E-state index contributed by atoms with van der Waals surface area (Å²) in [6.07, 6.45) is 0.726. The molecule has 4 nitrogen and oxygen atoms in total. The Bertz CT molecular complexity index is 495. The van der Waals surface area contributed by atoms with Crippen LogP contribution in [-0.4, -0.2) is 11.8 Å². The molecular formula is C11H9BrN2O2. The van der Waals surface area contributed by atoms with E-state index in [2.05, 4.69) is 15.9 Å². The monoisotopic (exact) mass is 280 g/mol. The summed E-state index contributed by atoms with van der Waals surface area (Å²) in [7, 11) is 0. The van der Waals surface area contributed by atoms with Gasteiger partial charge in [0.05, 0.1) is 17.5 Å². The van der Waals surface area contributed by atoms with E-state index in [-0.39, 0.29) is 23.7 Å². The summed E-state index contributed by atoms with van der Waals surface area (Å²) in [5.74, 6) is -0.286. The molecule has 2 fully saturated rings. The van der Waals surface area contributed by atoms with Gasteiger partial charge in [0.25, 0.3) is 0 Å². The lowest BCUT2D eigenvalue weighted by molar-refractivity contribution is -0.123. The van der Waals surface area contributed by atoms with Crippen LogP contribution in [0, 0.1) is 11.8 Å². The molecule has 1 aromatic carbocycles. The number of hydrogen-bond acceptors (Lipinski definition) is 3. The zero-order valence-electron chi connectivity index (χ0n) is 8.31. The van der Waals surface area contributed by atoms with Crippen molar-refractivity contribution in [3.8, 4) is 0 Å². The van der Waals surface area contributed by atoms with Gasteiger partial charge in [-0.25, -0.2) is 0 Å². The molecule has 1 saturated heterocycles. The summed E-state index contributed by atoms with van der Waals surface area (Å²) in [5.41, 5.74) is 6.85. The number of amides is 2. The van der Waals surface area contributed by atoms with Crippen LogP contribution in [0.4, 0.5) is 11.4 Å². The number of piperidine rings is 1. The number of halogens is 1. The molecule has 1 aliphatic carbocycles. The van der Waals surface area contributed by atoms with Crippen molar-refractivity contribution in [2.75, 3.05) is 10.6 Å². The van der Waals surface area contributed by atoms with Gasteiger partial charge >= 0.3 is 0 Å². The molecule has 1 heterocycles. The molecule has 2 unspecified atom stereocenters. The smallest absolute Gasteiger partial charge is 0.237 e. The van der Waals surface area contributed by atoms with Crippen LogP contribution in [0.5, 0.6) is 0 Å². The van der Waals surface area contributed by atoms with E-state index in [1.165, 1.54) is 4.90 Å². The molecular weight excluding hydrogens is 272 g/mol. The summed E-state index contributed by atoms with van der Waals surface area (Å²) in [6, 6.07) is 5.08. The van der Waals surface area contributed by atoms with Gasteiger partial charge in [-0.3, -0.25) is 14.5 Å². The van der Waals surface area contributed by atoms with Crippen molar-refractivity contribution < 1.29 is 9.59 Å². The Morgan fingerprint density at radius 2 is 1.88 bits per heavy atom. The lowest BCUT2D eigenvalue weighted by atomic mass is 10.2. The van der Waals surface area contributed by atoms with E-state index >= 15 is 0 Å². The minimum Gasteiger partial charge on any atom is -0.398 e. The van der Waals surface area contributed by atoms with Crippen molar-refractivity contribution in [1.29, 1.82) is 0 Å². The van der Waals surface area contributed by atoms with E-state index in [4.69, 9.17) is 5.73 Å². The lowest BCUT2D eigenvalue weighted by Crippen LogP contribution is -2.32. The highest BCUT2D eigenvalue weighted by Gasteiger charge is 2.59. The van der Waals surface area contributed by atoms with E-state index in [9.17, 15) is 9.59 Å². The van der Waals surface area contributed by atoms with Crippen LogP contribution in [0.3, 0.4) is 0 Å². The average Bonchev–Trinajstić information content (AvgIpc) is 2.98. The lowest BCUT2D eigenvalue weighted by Gasteiger charge is -2.17. The van der Waals surface area contributed by atoms with Gasteiger partial charge in [-0.05, 0) is 40.5 Å². The Kier molecular flexibility index (Phi) is 1.89. The Morgan fingerprint density at radius 1 is 1.25 bits per heavy atom. The Labute approximate surface area is 101 Å². The highest BCUT2D eigenvalue weighted by molar-refractivity contribution is 9.10. The molecule has 16 heavy (non-hydrogen) atoms. The number of fused-ring (bicyclic) bond motifs is 1. The van der Waals surface area contributed by atoms with Gasteiger partial charge in [-0.15, -0.1) is 0 Å². The molecule has 0 radical (unpaired) electrons. The number of nitrogens with zero attached hydrogens (tertiary/aromatic N) is 1. The fourth-order valence-electron chi connectivity index (χ4n) is 2.09. The van der Waals surface area contributed by atoms with Crippen LogP contribution in [0.15, 0.2) is 22.7 Å². The summed E-state index contributed by atoms with van der Waals surface area (Å²) in [6.45, 7) is 0. The fourth-order valence-corrected chi connectivity index (χ4v) is 2.46. The minimum atomic E-state index is -0.0772. The predicted octanol–water partition coefficient (Wildman–Crippen LogP) is 1.54. The van der Waals surface area contributed by atoms with Crippen LogP contribution in [0.1, 0.15) is 6.42 Å². The van der Waals surface area contributed by atoms with Crippen molar-refractivity contribution in [1.82, 2.24) is 0 Å². The molecule has 0 aromatic heterocycles. The molecule has 2 N–H and O–H groups in total. The first-order chi connectivity index (χ1) is 7.59. The topological polar surface area (TPSA) is 63.4 Å². The van der Waals surface area contributed by atoms with Gasteiger partial charge in [0, 0.05) is 10.2 Å². The Balaban J connectivity index is 2.01. The standard InChI is InChI=1S/C11H9BrN2O2/c12-8-3-5(1-2-9(8)13)14-10(15)6-4-7(6)11(14)16/h1-3,6-7H,4,13H2. The molecule has 0 spiro atoms. The first-order valence-electron chi connectivity index (χ1n) is 5.02. The van der Waals surface area contributed by atoms with E-state index < -0.39 is 0 Å². The van der Waals surface area contributed by atoms with Crippen molar-refractivity contribution in [3.63, 3.8) is 0 Å². The molecule has 2 aliphatic rings. The summed E-state index contributed by atoms with van der Waals surface area (Å²) >= 11 is 3.29. The molecule has 2 atom stereocenters. The van der Waals surface area contributed by atoms with Crippen LogP contribution in [0.2, 0.25) is 0 Å². The Hall–Kier alpha value is -1.36. The number of hydrogen-bond donors (Lipinski definition) is 1. The normalized spacial score (nSPS) is 27.2. The van der Waals surface area contributed by atoms with Gasteiger partial charge in [0.2, 0.25) is 11.8 Å². The summed E-state index contributed by atoms with van der Waals surface area (Å²) in [5, 5.41) is 0. The number of carbonyl (C=O) groups is 2. The number of nitrogen functional groups attached to an aromatic ring is 1. The van der Waals surface area contributed by atoms with Crippen LogP contribution in [-0.2, 0) is 9.59 Å². The first-order valence-corrected chi connectivity index (χ1v) is 5.81. The molecule has 2 amide bonds. The number of rotatable bonds is 1. The van der Waals surface area contributed by atoms with E-state index in [1.54, 1.807) is 18.2 Å². The van der Waals surface area contributed by atoms with Gasteiger partial charge < -0.3 is 5.73 Å². The first kappa shape index (κ1) is 9.84. The number of imide groups is 1. The molecule has 1 aromatic rings. The predicted molar refractivity (Wildman–Crippen MR) is 62.6 cm³/mol. The van der Waals surface area contributed by atoms with Crippen molar-refractivity contribution in [3.05, 3.63) is 22.7 Å². The highest BCUT2D eigenvalue weighted by Crippen LogP contribution is 2.48. The highest BCUT2D eigenvalue weighted by atomic mass is 79.9. The number of benzene rings is 1. The van der Waals surface area contributed by atoms with Gasteiger partial charge in [0.15, 0.2) is 0 Å². The third-order valence-electron chi connectivity index (χ3n) is 3.11. The molecule has 0 bridgehead atoms. The fraction of sp³-hybridized carbons (Fsp3) is 0.273. The zero-order chi connectivity index (χ0) is 11.4. The van der Waals surface area contributed by atoms with Crippen molar-refractivity contribution in [2.45, 2.75) is 6.42 Å². The van der Waals surface area contributed by atoms with Gasteiger partial charge in [-0.1, -0.05) is 0 Å². The third-order valence-corrected chi connectivity index (χ3v) is 3.79. The van der Waals surface area contributed by atoms with Crippen molar-refractivity contribution in [2.24, 2.45) is 11.8 Å². The maximum atomic E-state index is 11.8. The number of nitrogens with two attached hydrogens (primary N) is 1. The summed E-state index contributed by atoms with van der Waals surface area (Å²) < 4.78 is 0.700. The second-order valence-electron chi connectivity index (χ2n) is 4.17. The summed E-state index contributed by atoms with van der Waals surface area (Å²) in [4.78, 5) is 24.9. The van der Waals surface area contributed by atoms with Crippen LogP contribution >= 0.6 is 15.9 Å². The second kappa shape index (κ2) is 3.07. The molecule has 1 saturated carbocycles. The third kappa shape index (κ3) is 1.21. The van der Waals surface area contributed by atoms with E-state index in [1.807, 2.05) is 0 Å². The maximum Gasteiger partial charge on any atom is 0.237 e. The van der Waals surface area contributed by atoms with E-state index in [0.717, 1.165) is 6.42 Å². The Morgan fingerprint density at radius 3 is 2.44 bits per heavy atom. The maximum absolute atomic E-state index is 11.8. The quantitative estimate of drug-likeness (QED) is 0.627. The average molecular weight is 281 g/mol. The van der Waals surface area contributed by atoms with Crippen LogP contribution < -0.4 is 10.6 Å². The molecule has 82 valence electrons. The second-order valence-corrected chi connectivity index (χ2v) is 5.02. The van der Waals surface area contributed by atoms with Crippen molar-refractivity contribution >= 4 is 39.1 Å². The van der Waals surface area contributed by atoms with Gasteiger partial charge in [-0.2, -0.15) is 0 Å². The van der Waals surface area contributed by atoms with E-state index in [0.29, 0.717) is 15.8 Å². The van der Waals surface area contributed by atoms with Gasteiger partial charge in [0.1, 0.15) is 0 Å². The largest absolute Gasteiger partial charge is 0.398 e. The molecule has 3 rings (SSSR count). The SMILES string of the molecule is Nc1ccc(N2C(=O)C3CC3C2=O)cc1Br.